The van der Waals surface area contributed by atoms with Crippen LogP contribution in [0, 0.1) is 0 Å². The molecule has 2 aromatic rings. The largest absolute Gasteiger partial charge is 0.307 e. The van der Waals surface area contributed by atoms with Crippen molar-refractivity contribution in [3.05, 3.63) is 54.2 Å². The van der Waals surface area contributed by atoms with Crippen molar-refractivity contribution in [3.8, 4) is 0 Å². The molecule has 7 heteroatoms. The van der Waals surface area contributed by atoms with E-state index in [4.69, 9.17) is 0 Å². The van der Waals surface area contributed by atoms with Gasteiger partial charge in [-0.25, -0.2) is 13.4 Å². The van der Waals surface area contributed by atoms with Crippen LogP contribution in [-0.4, -0.2) is 25.1 Å². The van der Waals surface area contributed by atoms with E-state index in [1.54, 1.807) is 49.5 Å². The number of rotatable bonds is 6. The van der Waals surface area contributed by atoms with Crippen LogP contribution in [0.2, 0.25) is 0 Å². The Morgan fingerprint density at radius 3 is 2.68 bits per heavy atom. The number of amides is 1. The van der Waals surface area contributed by atoms with E-state index in [1.807, 2.05) is 0 Å². The maximum atomic E-state index is 12.1. The van der Waals surface area contributed by atoms with E-state index in [0.717, 1.165) is 0 Å². The van der Waals surface area contributed by atoms with Crippen molar-refractivity contribution < 1.29 is 13.2 Å². The molecule has 2 rings (SSSR count). The van der Waals surface area contributed by atoms with Crippen LogP contribution >= 0.6 is 0 Å². The third-order valence-corrected chi connectivity index (χ3v) is 4.27. The molecule has 0 aliphatic heterocycles. The monoisotopic (exact) mass is 319 g/mol. The van der Waals surface area contributed by atoms with Gasteiger partial charge in [0.05, 0.1) is 5.75 Å². The highest BCUT2D eigenvalue weighted by Crippen LogP contribution is 2.14. The Morgan fingerprint density at radius 2 is 2.00 bits per heavy atom. The Balaban J connectivity index is 2.13. The molecule has 6 nitrogen and oxygen atoms in total. The normalized spacial score (nSPS) is 11.0. The van der Waals surface area contributed by atoms with Crippen LogP contribution in [0.5, 0.6) is 0 Å². The number of carbonyl (C=O) groups excluding carboxylic acids is 1. The molecule has 116 valence electrons. The fourth-order valence-electron chi connectivity index (χ4n) is 1.85. The van der Waals surface area contributed by atoms with Crippen LogP contribution in [-0.2, 0) is 10.0 Å². The number of sulfonamides is 1. The summed E-state index contributed by atoms with van der Waals surface area (Å²) in [6.45, 7) is 1.79. The SMILES string of the molecule is CCCS(=O)(=O)Nc1cccc(C(=O)Nc2ccccn2)c1. The number of benzene rings is 1. The summed E-state index contributed by atoms with van der Waals surface area (Å²) >= 11 is 0. The lowest BCUT2D eigenvalue weighted by atomic mass is 10.2. The molecule has 0 spiro atoms. The van der Waals surface area contributed by atoms with Crippen molar-refractivity contribution in [2.24, 2.45) is 0 Å². The van der Waals surface area contributed by atoms with E-state index in [1.165, 1.54) is 6.07 Å². The first kappa shape index (κ1) is 16.0. The summed E-state index contributed by atoms with van der Waals surface area (Å²) in [6, 6.07) is 11.5. The first-order chi connectivity index (χ1) is 10.5. The topological polar surface area (TPSA) is 88.2 Å². The molecule has 0 aliphatic carbocycles. The fraction of sp³-hybridized carbons (Fsp3) is 0.200. The van der Waals surface area contributed by atoms with E-state index in [-0.39, 0.29) is 11.7 Å². The van der Waals surface area contributed by atoms with Crippen LogP contribution in [0.3, 0.4) is 0 Å². The van der Waals surface area contributed by atoms with Gasteiger partial charge in [-0.05, 0) is 36.8 Å². The van der Waals surface area contributed by atoms with Crippen molar-refractivity contribution in [1.82, 2.24) is 4.98 Å². The number of nitrogens with zero attached hydrogens (tertiary/aromatic N) is 1. The highest BCUT2D eigenvalue weighted by Gasteiger charge is 2.11. The highest BCUT2D eigenvalue weighted by atomic mass is 32.2. The molecular formula is C15H17N3O3S. The molecule has 1 aromatic carbocycles. The minimum absolute atomic E-state index is 0.0390. The Hall–Kier alpha value is -2.41. The van der Waals surface area contributed by atoms with Gasteiger partial charge in [0.15, 0.2) is 0 Å². The third kappa shape index (κ3) is 4.56. The van der Waals surface area contributed by atoms with Gasteiger partial charge >= 0.3 is 0 Å². The first-order valence-corrected chi connectivity index (χ1v) is 8.48. The zero-order chi connectivity index (χ0) is 16.0. The zero-order valence-corrected chi connectivity index (χ0v) is 12.9. The van der Waals surface area contributed by atoms with Crippen molar-refractivity contribution in [2.45, 2.75) is 13.3 Å². The van der Waals surface area contributed by atoms with Crippen LogP contribution < -0.4 is 10.0 Å². The van der Waals surface area contributed by atoms with Crippen molar-refractivity contribution >= 4 is 27.4 Å². The average molecular weight is 319 g/mol. The summed E-state index contributed by atoms with van der Waals surface area (Å²) in [5.74, 6) is 0.122. The van der Waals surface area contributed by atoms with Gasteiger partial charge in [0.1, 0.15) is 5.82 Å². The summed E-state index contributed by atoms with van der Waals surface area (Å²) in [6.07, 6.45) is 2.10. The number of hydrogen-bond acceptors (Lipinski definition) is 4. The minimum Gasteiger partial charge on any atom is -0.307 e. The van der Waals surface area contributed by atoms with Gasteiger partial charge in [-0.1, -0.05) is 19.1 Å². The Labute approximate surface area is 129 Å². The van der Waals surface area contributed by atoms with Crippen LogP contribution in [0.1, 0.15) is 23.7 Å². The molecule has 0 saturated heterocycles. The van der Waals surface area contributed by atoms with Crippen molar-refractivity contribution in [2.75, 3.05) is 15.8 Å². The third-order valence-electron chi connectivity index (χ3n) is 2.78. The molecule has 1 aromatic heterocycles. The van der Waals surface area contributed by atoms with Crippen LogP contribution in [0.15, 0.2) is 48.7 Å². The van der Waals surface area contributed by atoms with Gasteiger partial charge in [-0.2, -0.15) is 0 Å². The Morgan fingerprint density at radius 1 is 1.18 bits per heavy atom. The molecule has 0 saturated carbocycles. The summed E-state index contributed by atoms with van der Waals surface area (Å²) in [5.41, 5.74) is 0.712. The number of hydrogen-bond donors (Lipinski definition) is 2. The smallest absolute Gasteiger partial charge is 0.256 e. The molecule has 2 N–H and O–H groups in total. The van der Waals surface area contributed by atoms with E-state index in [2.05, 4.69) is 15.0 Å². The van der Waals surface area contributed by atoms with E-state index >= 15 is 0 Å². The molecule has 0 aliphatic rings. The van der Waals surface area contributed by atoms with E-state index < -0.39 is 10.0 Å². The lowest BCUT2D eigenvalue weighted by molar-refractivity contribution is 0.102. The van der Waals surface area contributed by atoms with Gasteiger partial charge in [0.25, 0.3) is 5.91 Å². The van der Waals surface area contributed by atoms with Crippen LogP contribution in [0.4, 0.5) is 11.5 Å². The summed E-state index contributed by atoms with van der Waals surface area (Å²) in [7, 11) is -3.38. The lowest BCUT2D eigenvalue weighted by Gasteiger charge is -2.09. The van der Waals surface area contributed by atoms with Gasteiger partial charge in [0.2, 0.25) is 10.0 Å². The molecule has 0 bridgehead atoms. The summed E-state index contributed by atoms with van der Waals surface area (Å²) < 4.78 is 26.0. The number of anilines is 2. The molecular weight excluding hydrogens is 302 g/mol. The maximum absolute atomic E-state index is 12.1. The zero-order valence-electron chi connectivity index (χ0n) is 12.1. The van der Waals surface area contributed by atoms with Gasteiger partial charge in [-0.15, -0.1) is 0 Å². The number of pyridine rings is 1. The predicted octanol–water partition coefficient (Wildman–Crippen LogP) is 2.49. The van der Waals surface area contributed by atoms with Crippen molar-refractivity contribution in [3.63, 3.8) is 0 Å². The maximum Gasteiger partial charge on any atom is 0.256 e. The van der Waals surface area contributed by atoms with Gasteiger partial charge < -0.3 is 5.32 Å². The van der Waals surface area contributed by atoms with Gasteiger partial charge in [-0.3, -0.25) is 9.52 Å². The second-order valence-corrected chi connectivity index (χ2v) is 6.51. The van der Waals surface area contributed by atoms with Crippen molar-refractivity contribution in [1.29, 1.82) is 0 Å². The molecule has 0 radical (unpaired) electrons. The number of nitrogens with one attached hydrogen (secondary N) is 2. The average Bonchev–Trinajstić information content (AvgIpc) is 2.48. The molecule has 22 heavy (non-hydrogen) atoms. The second kappa shape index (κ2) is 7.04. The Kier molecular flexibility index (Phi) is 5.11. The molecule has 0 fully saturated rings. The predicted molar refractivity (Wildman–Crippen MR) is 86.3 cm³/mol. The molecule has 0 unspecified atom stereocenters. The minimum atomic E-state index is -3.38. The fourth-order valence-corrected chi connectivity index (χ4v) is 2.97. The van der Waals surface area contributed by atoms with E-state index in [0.29, 0.717) is 23.5 Å². The summed E-state index contributed by atoms with van der Waals surface area (Å²) in [4.78, 5) is 16.1. The summed E-state index contributed by atoms with van der Waals surface area (Å²) in [5, 5.41) is 2.65. The van der Waals surface area contributed by atoms with Crippen LogP contribution in [0.25, 0.3) is 0 Å². The highest BCUT2D eigenvalue weighted by molar-refractivity contribution is 7.92. The standard InChI is InChI=1S/C15H17N3O3S/c1-2-10-22(20,21)18-13-7-5-6-12(11-13)15(19)17-14-8-3-4-9-16-14/h3-9,11,18H,2,10H2,1H3,(H,16,17,19). The first-order valence-electron chi connectivity index (χ1n) is 6.83. The molecule has 1 heterocycles. The van der Waals surface area contributed by atoms with Gasteiger partial charge in [0, 0.05) is 17.4 Å². The molecule has 0 atom stereocenters. The molecule has 1 amide bonds. The quantitative estimate of drug-likeness (QED) is 0.856. The van der Waals surface area contributed by atoms with E-state index in [9.17, 15) is 13.2 Å². The Bertz CT molecular complexity index is 746. The lowest BCUT2D eigenvalue weighted by Crippen LogP contribution is -2.17. The number of aromatic nitrogens is 1. The number of carbonyl (C=O) groups is 1. The second-order valence-electron chi connectivity index (χ2n) is 4.67.